The summed E-state index contributed by atoms with van der Waals surface area (Å²) < 4.78 is 10.9. The number of aliphatic hydroxyl groups excluding tert-OH is 4. The van der Waals surface area contributed by atoms with Crippen LogP contribution in [0.3, 0.4) is 0 Å². The summed E-state index contributed by atoms with van der Waals surface area (Å²) >= 11 is 0. The molecule has 3 rings (SSSR count). The number of carbonyl (C=O) groups excluding carboxylic acids is 1. The fraction of sp³-hybridized carbons (Fsp3) is 0.381. The van der Waals surface area contributed by atoms with Gasteiger partial charge in [-0.2, -0.15) is 0 Å². The lowest BCUT2D eigenvalue weighted by molar-refractivity contribution is -0.231. The number of benzene rings is 2. The summed E-state index contributed by atoms with van der Waals surface area (Å²) in [4.78, 5) is 12.2. The molecule has 1 aliphatic rings. The molecule has 1 saturated heterocycles. The molecule has 6 atom stereocenters. The van der Waals surface area contributed by atoms with Crippen LogP contribution >= 0.6 is 0 Å². The van der Waals surface area contributed by atoms with E-state index in [1.807, 2.05) is 37.3 Å². The van der Waals surface area contributed by atoms with E-state index in [4.69, 9.17) is 9.47 Å². The van der Waals surface area contributed by atoms with Crippen LogP contribution in [0.15, 0.2) is 54.6 Å². The summed E-state index contributed by atoms with van der Waals surface area (Å²) in [6.45, 7) is 1.32. The number of carbonyl (C=O) groups is 1. The molecule has 156 valence electrons. The van der Waals surface area contributed by atoms with Crippen molar-refractivity contribution in [2.75, 3.05) is 6.61 Å². The van der Waals surface area contributed by atoms with Gasteiger partial charge < -0.3 is 35.2 Å². The lowest BCUT2D eigenvalue weighted by atomic mass is 9.91. The number of hydrogen-bond donors (Lipinski definition) is 5. The zero-order valence-corrected chi connectivity index (χ0v) is 15.9. The fourth-order valence-electron chi connectivity index (χ4n) is 3.27. The van der Waals surface area contributed by atoms with Crippen molar-refractivity contribution in [3.05, 3.63) is 65.7 Å². The van der Waals surface area contributed by atoms with Gasteiger partial charge in [0.2, 0.25) is 0 Å². The van der Waals surface area contributed by atoms with Gasteiger partial charge >= 0.3 is 6.09 Å². The third-order valence-electron chi connectivity index (χ3n) is 4.92. The SMILES string of the molecule is C[C@@H](NC(=O)Oc1cccc([C@H]2O[C@H](CO)[C@@H](O)[C@H](O)[C@@H]2O)c1)c1ccccc1. The molecule has 8 heteroatoms. The van der Waals surface area contributed by atoms with Crippen LogP contribution in [0.4, 0.5) is 4.79 Å². The van der Waals surface area contributed by atoms with Crippen LogP contribution in [0.25, 0.3) is 0 Å². The maximum Gasteiger partial charge on any atom is 0.413 e. The maximum absolute atomic E-state index is 12.2. The Kier molecular flexibility index (Phi) is 6.83. The van der Waals surface area contributed by atoms with Gasteiger partial charge in [-0.3, -0.25) is 0 Å². The van der Waals surface area contributed by atoms with Gasteiger partial charge in [-0.25, -0.2) is 4.79 Å². The molecule has 29 heavy (non-hydrogen) atoms. The molecule has 0 spiro atoms. The van der Waals surface area contributed by atoms with E-state index < -0.39 is 43.2 Å². The number of nitrogens with one attached hydrogen (secondary N) is 1. The first-order valence-electron chi connectivity index (χ1n) is 9.34. The Labute approximate surface area is 168 Å². The van der Waals surface area contributed by atoms with Crippen molar-refractivity contribution >= 4 is 6.09 Å². The number of ether oxygens (including phenoxy) is 2. The quantitative estimate of drug-likeness (QED) is 0.505. The van der Waals surface area contributed by atoms with Gasteiger partial charge in [-0.1, -0.05) is 42.5 Å². The van der Waals surface area contributed by atoms with Crippen LogP contribution in [-0.2, 0) is 4.74 Å². The topological polar surface area (TPSA) is 128 Å². The molecule has 0 saturated carbocycles. The summed E-state index contributed by atoms with van der Waals surface area (Å²) in [6.07, 6.45) is -6.98. The Bertz CT molecular complexity index is 814. The van der Waals surface area contributed by atoms with E-state index in [0.717, 1.165) is 5.56 Å². The summed E-state index contributed by atoms with van der Waals surface area (Å²) in [5.74, 6) is 0.220. The van der Waals surface area contributed by atoms with Crippen LogP contribution in [0.2, 0.25) is 0 Å². The van der Waals surface area contributed by atoms with Gasteiger partial charge in [-0.05, 0) is 30.2 Å². The molecule has 0 unspecified atom stereocenters. The number of aliphatic hydroxyl groups is 4. The Hall–Kier alpha value is -2.49. The maximum atomic E-state index is 12.2. The van der Waals surface area contributed by atoms with E-state index >= 15 is 0 Å². The summed E-state index contributed by atoms with van der Waals surface area (Å²) in [6, 6.07) is 15.5. The van der Waals surface area contributed by atoms with Crippen molar-refractivity contribution in [2.45, 2.75) is 43.5 Å². The van der Waals surface area contributed by atoms with Crippen molar-refractivity contribution in [3.8, 4) is 5.75 Å². The number of rotatable bonds is 5. The highest BCUT2D eigenvalue weighted by atomic mass is 16.6. The molecule has 1 heterocycles. The lowest BCUT2D eigenvalue weighted by Gasteiger charge is -2.40. The van der Waals surface area contributed by atoms with Crippen molar-refractivity contribution in [1.29, 1.82) is 0 Å². The molecule has 8 nitrogen and oxygen atoms in total. The van der Waals surface area contributed by atoms with E-state index in [9.17, 15) is 25.2 Å². The molecule has 0 bridgehead atoms. The highest BCUT2D eigenvalue weighted by molar-refractivity contribution is 5.71. The smallest absolute Gasteiger partial charge is 0.410 e. The van der Waals surface area contributed by atoms with Crippen molar-refractivity contribution < 1.29 is 34.7 Å². The monoisotopic (exact) mass is 403 g/mol. The van der Waals surface area contributed by atoms with Crippen molar-refractivity contribution in [3.63, 3.8) is 0 Å². The zero-order valence-electron chi connectivity index (χ0n) is 15.9. The van der Waals surface area contributed by atoms with Gasteiger partial charge in [0.25, 0.3) is 0 Å². The Morgan fingerprint density at radius 2 is 1.79 bits per heavy atom. The third kappa shape index (κ3) is 4.92. The standard InChI is InChI=1S/C21H25NO7/c1-12(13-6-3-2-4-7-13)22-21(27)28-15-9-5-8-14(10-15)20-19(26)18(25)17(24)16(11-23)29-20/h2-10,12,16-20,23-26H,11H2,1H3,(H,22,27)/t12-,16-,17-,18+,19+,20-/m1/s1. The molecule has 0 aromatic heterocycles. The molecule has 0 radical (unpaired) electrons. The molecule has 0 aliphatic carbocycles. The fourth-order valence-corrected chi connectivity index (χ4v) is 3.27. The lowest BCUT2D eigenvalue weighted by Crippen LogP contribution is -2.55. The van der Waals surface area contributed by atoms with Gasteiger partial charge in [0.05, 0.1) is 12.6 Å². The Balaban J connectivity index is 1.68. The second-order valence-corrected chi connectivity index (χ2v) is 6.99. The van der Waals surface area contributed by atoms with E-state index in [1.165, 1.54) is 6.07 Å². The molecule has 1 fully saturated rings. The molecule has 5 N–H and O–H groups in total. The number of hydrogen-bond acceptors (Lipinski definition) is 7. The normalized spacial score (nSPS) is 27.8. The molecule has 2 aromatic carbocycles. The van der Waals surface area contributed by atoms with Crippen LogP contribution in [0.1, 0.15) is 30.2 Å². The van der Waals surface area contributed by atoms with Crippen molar-refractivity contribution in [2.24, 2.45) is 0 Å². The average Bonchev–Trinajstić information content (AvgIpc) is 2.73. The van der Waals surface area contributed by atoms with Crippen LogP contribution in [-0.4, -0.2) is 57.5 Å². The molecule has 1 amide bonds. The van der Waals surface area contributed by atoms with E-state index in [2.05, 4.69) is 5.32 Å². The third-order valence-corrected chi connectivity index (χ3v) is 4.92. The predicted octanol–water partition coefficient (Wildman–Crippen LogP) is 1.05. The molecule has 1 aliphatic heterocycles. The van der Waals surface area contributed by atoms with Gasteiger partial charge in [0.1, 0.15) is 36.3 Å². The van der Waals surface area contributed by atoms with Crippen LogP contribution in [0.5, 0.6) is 5.75 Å². The van der Waals surface area contributed by atoms with Gasteiger partial charge in [-0.15, -0.1) is 0 Å². The van der Waals surface area contributed by atoms with Crippen LogP contribution in [0, 0.1) is 0 Å². The summed E-state index contributed by atoms with van der Waals surface area (Å²) in [5, 5.41) is 42.2. The minimum Gasteiger partial charge on any atom is -0.410 e. The highest BCUT2D eigenvalue weighted by Crippen LogP contribution is 2.33. The molecular formula is C21H25NO7. The Morgan fingerprint density at radius 1 is 1.07 bits per heavy atom. The van der Waals surface area contributed by atoms with E-state index in [-0.39, 0.29) is 11.8 Å². The van der Waals surface area contributed by atoms with Gasteiger partial charge in [0.15, 0.2) is 0 Å². The largest absolute Gasteiger partial charge is 0.413 e. The first-order chi connectivity index (χ1) is 13.9. The zero-order chi connectivity index (χ0) is 21.0. The predicted molar refractivity (Wildman–Crippen MR) is 103 cm³/mol. The first-order valence-corrected chi connectivity index (χ1v) is 9.34. The minimum atomic E-state index is -1.48. The minimum absolute atomic E-state index is 0.220. The first kappa shape index (κ1) is 21.2. The molecule has 2 aromatic rings. The summed E-state index contributed by atoms with van der Waals surface area (Å²) in [7, 11) is 0. The molecular weight excluding hydrogens is 378 g/mol. The van der Waals surface area contributed by atoms with Crippen LogP contribution < -0.4 is 10.1 Å². The highest BCUT2D eigenvalue weighted by Gasteiger charge is 2.44. The Morgan fingerprint density at radius 3 is 2.48 bits per heavy atom. The van der Waals surface area contributed by atoms with E-state index in [0.29, 0.717) is 5.56 Å². The van der Waals surface area contributed by atoms with Crippen molar-refractivity contribution in [1.82, 2.24) is 5.32 Å². The second-order valence-electron chi connectivity index (χ2n) is 6.99. The number of amides is 1. The van der Waals surface area contributed by atoms with Gasteiger partial charge in [0, 0.05) is 0 Å². The summed E-state index contributed by atoms with van der Waals surface area (Å²) in [5.41, 5.74) is 1.36. The average molecular weight is 403 g/mol. The van der Waals surface area contributed by atoms with E-state index in [1.54, 1.807) is 18.2 Å². The second kappa shape index (κ2) is 9.34.